The number of Topliss-reactive ketones (excluding diaryl/α,β-unsaturated/α-hetero) is 1. The van der Waals surface area contributed by atoms with Crippen molar-refractivity contribution in [2.24, 2.45) is 0 Å². The van der Waals surface area contributed by atoms with Gasteiger partial charge < -0.3 is 9.64 Å². The Morgan fingerprint density at radius 2 is 1.79 bits per heavy atom. The average molecular weight is 493 g/mol. The summed E-state index contributed by atoms with van der Waals surface area (Å²) in [5.74, 6) is -3.62. The molecule has 2 heterocycles. The Bertz CT molecular complexity index is 896. The van der Waals surface area contributed by atoms with Gasteiger partial charge in [0.25, 0.3) is 6.43 Å². The Kier molecular flexibility index (Phi) is 8.64. The number of anilines is 2. The first-order valence-corrected chi connectivity index (χ1v) is 10.7. The number of hydrogen-bond acceptors (Lipinski definition) is 6. The van der Waals surface area contributed by atoms with E-state index in [2.05, 4.69) is 0 Å². The second-order valence-electron chi connectivity index (χ2n) is 7.79. The molecule has 0 aromatic heterocycles. The number of halogens is 5. The van der Waals surface area contributed by atoms with E-state index in [4.69, 9.17) is 9.57 Å². The maximum absolute atomic E-state index is 14.9. The number of hydroxylamine groups is 2. The standard InChI is InChI=1S/C21H24F5N3O5/c22-5-1-2-18(31)29-7-6-27(8-9-33-29)19-15(23)10-13(11-16(19)24)28-12-14(34-21(28)32)3-4-17(30)20(25)26/h10-11,14,20H,1-9,12H2/t14-/m0/s1. The van der Waals surface area contributed by atoms with Crippen molar-refractivity contribution in [1.82, 2.24) is 5.06 Å². The number of ether oxygens (including phenoxy) is 1. The predicted molar refractivity (Wildman–Crippen MR) is 109 cm³/mol. The quantitative estimate of drug-likeness (QED) is 0.492. The summed E-state index contributed by atoms with van der Waals surface area (Å²) in [6.07, 6.45) is -5.52. The van der Waals surface area contributed by atoms with Gasteiger partial charge in [-0.25, -0.2) is 27.4 Å². The van der Waals surface area contributed by atoms with Crippen molar-refractivity contribution in [3.63, 3.8) is 0 Å². The smallest absolute Gasteiger partial charge is 0.414 e. The molecule has 3 rings (SSSR count). The molecule has 188 valence electrons. The molecule has 2 amide bonds. The van der Waals surface area contributed by atoms with Crippen molar-refractivity contribution in [3.05, 3.63) is 23.8 Å². The molecule has 0 bridgehead atoms. The van der Waals surface area contributed by atoms with Crippen LogP contribution in [-0.2, 0) is 19.2 Å². The lowest BCUT2D eigenvalue weighted by Gasteiger charge is -2.24. The zero-order valence-corrected chi connectivity index (χ0v) is 18.2. The van der Waals surface area contributed by atoms with Crippen LogP contribution in [0.25, 0.3) is 0 Å². The minimum Gasteiger partial charge on any atom is -0.444 e. The van der Waals surface area contributed by atoms with Gasteiger partial charge in [-0.3, -0.25) is 23.7 Å². The number of ketones is 1. The van der Waals surface area contributed by atoms with E-state index in [1.165, 1.54) is 4.90 Å². The van der Waals surface area contributed by atoms with Gasteiger partial charge in [0.15, 0.2) is 17.4 Å². The van der Waals surface area contributed by atoms with Gasteiger partial charge in [0.2, 0.25) is 5.91 Å². The summed E-state index contributed by atoms with van der Waals surface area (Å²) < 4.78 is 71.8. The third-order valence-electron chi connectivity index (χ3n) is 5.44. The molecule has 2 fully saturated rings. The van der Waals surface area contributed by atoms with Crippen molar-refractivity contribution in [2.75, 3.05) is 49.3 Å². The highest BCUT2D eigenvalue weighted by molar-refractivity contribution is 5.90. The van der Waals surface area contributed by atoms with Crippen molar-refractivity contribution >= 4 is 29.2 Å². The second kappa shape index (κ2) is 11.4. The van der Waals surface area contributed by atoms with Crippen molar-refractivity contribution in [3.8, 4) is 0 Å². The van der Waals surface area contributed by atoms with E-state index in [1.807, 2.05) is 0 Å². The van der Waals surface area contributed by atoms with Crippen LogP contribution in [0.5, 0.6) is 0 Å². The minimum absolute atomic E-state index is 0.0171. The number of rotatable bonds is 9. The summed E-state index contributed by atoms with van der Waals surface area (Å²) in [5, 5.41) is 1.05. The maximum Gasteiger partial charge on any atom is 0.414 e. The largest absolute Gasteiger partial charge is 0.444 e. The van der Waals surface area contributed by atoms with E-state index in [-0.39, 0.29) is 63.4 Å². The van der Waals surface area contributed by atoms with Gasteiger partial charge in [-0.1, -0.05) is 0 Å². The summed E-state index contributed by atoms with van der Waals surface area (Å²) in [4.78, 5) is 42.9. The summed E-state index contributed by atoms with van der Waals surface area (Å²) in [7, 11) is 0. The molecule has 8 nitrogen and oxygen atoms in total. The van der Waals surface area contributed by atoms with Crippen LogP contribution in [0.3, 0.4) is 0 Å². The fourth-order valence-corrected chi connectivity index (χ4v) is 3.72. The number of carbonyl (C=O) groups excluding carboxylic acids is 3. The predicted octanol–water partition coefficient (Wildman–Crippen LogP) is 3.23. The molecule has 2 aliphatic rings. The van der Waals surface area contributed by atoms with Gasteiger partial charge in [-0.05, 0) is 12.8 Å². The van der Waals surface area contributed by atoms with Crippen LogP contribution in [-0.4, -0.2) is 74.8 Å². The summed E-state index contributed by atoms with van der Waals surface area (Å²) in [6, 6.07) is 1.89. The SMILES string of the molecule is O=C(CC[C@H]1CN(c2cc(F)c(N3CCON(C(=O)CCCF)CC3)c(F)c2)C(=O)O1)C(F)F. The van der Waals surface area contributed by atoms with Crippen LogP contribution in [0.1, 0.15) is 25.7 Å². The Morgan fingerprint density at radius 1 is 1.09 bits per heavy atom. The molecule has 1 aromatic carbocycles. The molecule has 0 spiro atoms. The molecule has 1 atom stereocenters. The number of hydrogen-bond donors (Lipinski definition) is 0. The molecule has 0 N–H and O–H groups in total. The Balaban J connectivity index is 1.66. The lowest BCUT2D eigenvalue weighted by atomic mass is 10.1. The molecule has 2 aliphatic heterocycles. The molecule has 2 saturated heterocycles. The topological polar surface area (TPSA) is 79.4 Å². The van der Waals surface area contributed by atoms with Crippen molar-refractivity contribution < 1.29 is 45.9 Å². The van der Waals surface area contributed by atoms with E-state index in [0.717, 1.165) is 22.1 Å². The number of cyclic esters (lactones) is 1. The van der Waals surface area contributed by atoms with Crippen LogP contribution >= 0.6 is 0 Å². The second-order valence-corrected chi connectivity index (χ2v) is 7.79. The highest BCUT2D eigenvalue weighted by Crippen LogP contribution is 2.32. The molecule has 0 unspecified atom stereocenters. The molecular formula is C21H24F5N3O5. The monoisotopic (exact) mass is 493 g/mol. The van der Waals surface area contributed by atoms with E-state index >= 15 is 0 Å². The lowest BCUT2D eigenvalue weighted by Crippen LogP contribution is -2.35. The summed E-state index contributed by atoms with van der Waals surface area (Å²) in [6.45, 7) is -0.677. The molecular weight excluding hydrogens is 469 g/mol. The van der Waals surface area contributed by atoms with Crippen LogP contribution in [0.2, 0.25) is 0 Å². The van der Waals surface area contributed by atoms with E-state index in [9.17, 15) is 36.3 Å². The van der Waals surface area contributed by atoms with Crippen LogP contribution in [0.15, 0.2) is 12.1 Å². The highest BCUT2D eigenvalue weighted by atomic mass is 19.3. The summed E-state index contributed by atoms with van der Waals surface area (Å²) >= 11 is 0. The molecule has 13 heteroatoms. The lowest BCUT2D eigenvalue weighted by molar-refractivity contribution is -0.182. The van der Waals surface area contributed by atoms with Crippen LogP contribution < -0.4 is 9.80 Å². The Labute approximate surface area is 192 Å². The maximum atomic E-state index is 14.9. The fourth-order valence-electron chi connectivity index (χ4n) is 3.72. The first-order valence-electron chi connectivity index (χ1n) is 10.7. The number of amides is 2. The fraction of sp³-hybridized carbons (Fsp3) is 0.571. The van der Waals surface area contributed by atoms with E-state index in [0.29, 0.717) is 0 Å². The number of benzene rings is 1. The third kappa shape index (κ3) is 6.13. The van der Waals surface area contributed by atoms with Gasteiger partial charge in [0.1, 0.15) is 11.8 Å². The molecule has 34 heavy (non-hydrogen) atoms. The Hall–Kier alpha value is -2.96. The van der Waals surface area contributed by atoms with Crippen LogP contribution in [0, 0.1) is 11.6 Å². The van der Waals surface area contributed by atoms with Gasteiger partial charge in [-0.15, -0.1) is 0 Å². The zero-order chi connectivity index (χ0) is 24.8. The zero-order valence-electron chi connectivity index (χ0n) is 18.2. The Morgan fingerprint density at radius 3 is 2.44 bits per heavy atom. The number of carbonyl (C=O) groups is 3. The van der Waals surface area contributed by atoms with E-state index in [1.54, 1.807) is 0 Å². The number of nitrogens with zero attached hydrogens (tertiary/aromatic N) is 3. The van der Waals surface area contributed by atoms with Crippen LogP contribution in [0.4, 0.5) is 38.1 Å². The first-order chi connectivity index (χ1) is 16.2. The molecule has 0 radical (unpaired) electrons. The van der Waals surface area contributed by atoms with E-state index < -0.39 is 55.0 Å². The first kappa shape index (κ1) is 25.7. The molecule has 0 saturated carbocycles. The minimum atomic E-state index is -3.12. The molecule has 1 aromatic rings. The molecule has 0 aliphatic carbocycles. The van der Waals surface area contributed by atoms with Gasteiger partial charge in [-0.2, -0.15) is 0 Å². The average Bonchev–Trinajstić information content (AvgIpc) is 3.00. The number of alkyl halides is 3. The van der Waals surface area contributed by atoms with Gasteiger partial charge in [0.05, 0.1) is 32.1 Å². The van der Waals surface area contributed by atoms with Gasteiger partial charge in [0, 0.05) is 38.1 Å². The van der Waals surface area contributed by atoms with Gasteiger partial charge >= 0.3 is 6.09 Å². The third-order valence-corrected chi connectivity index (χ3v) is 5.44. The normalized spacial score (nSPS) is 18.9. The summed E-state index contributed by atoms with van der Waals surface area (Å²) in [5.41, 5.74) is -0.488. The van der Waals surface area contributed by atoms with Crippen molar-refractivity contribution in [2.45, 2.75) is 38.2 Å². The van der Waals surface area contributed by atoms with Crippen molar-refractivity contribution in [1.29, 1.82) is 0 Å². The highest BCUT2D eigenvalue weighted by Gasteiger charge is 2.34.